The number of rotatable bonds is 6. The predicted molar refractivity (Wildman–Crippen MR) is 71.0 cm³/mol. The lowest BCUT2D eigenvalue weighted by Crippen LogP contribution is -2.38. The summed E-state index contributed by atoms with van der Waals surface area (Å²) >= 11 is 1.65. The molecule has 92 valence electrons. The predicted octanol–water partition coefficient (Wildman–Crippen LogP) is 2.19. The van der Waals surface area contributed by atoms with Gasteiger partial charge >= 0.3 is 0 Å². The summed E-state index contributed by atoms with van der Waals surface area (Å²) < 4.78 is 0. The first-order valence-electron chi connectivity index (χ1n) is 6.11. The summed E-state index contributed by atoms with van der Waals surface area (Å²) in [5.41, 5.74) is 0.773. The summed E-state index contributed by atoms with van der Waals surface area (Å²) in [6.07, 6.45) is 2.72. The van der Waals surface area contributed by atoms with Crippen molar-refractivity contribution in [1.82, 2.24) is 10.2 Å². The second kappa shape index (κ2) is 5.63. The van der Waals surface area contributed by atoms with Crippen molar-refractivity contribution in [2.75, 3.05) is 13.6 Å². The molecule has 1 fully saturated rings. The van der Waals surface area contributed by atoms with Gasteiger partial charge in [-0.1, -0.05) is 0 Å². The minimum atomic E-state index is 0.581. The fourth-order valence-electron chi connectivity index (χ4n) is 1.92. The number of likely N-dealkylation sites (N-methyl/N-ethyl adjacent to an activating group) is 1. The van der Waals surface area contributed by atoms with Gasteiger partial charge in [-0.25, -0.2) is 0 Å². The molecule has 1 aromatic heterocycles. The molecule has 1 aliphatic carbocycles. The lowest BCUT2D eigenvalue weighted by atomic mass is 10.3. The molecule has 0 amide bonds. The maximum absolute atomic E-state index is 8.73. The highest BCUT2D eigenvalue weighted by atomic mass is 32.1. The third-order valence-electron chi connectivity index (χ3n) is 3.34. The molecule has 0 spiro atoms. The maximum atomic E-state index is 8.73. The zero-order valence-corrected chi connectivity index (χ0v) is 11.3. The number of nitriles is 1. The van der Waals surface area contributed by atoms with Crippen molar-refractivity contribution in [3.05, 3.63) is 21.9 Å². The third-order valence-corrected chi connectivity index (χ3v) is 4.28. The van der Waals surface area contributed by atoms with Crippen molar-refractivity contribution in [3.8, 4) is 6.07 Å². The van der Waals surface area contributed by atoms with E-state index in [4.69, 9.17) is 5.26 Å². The number of hydrogen-bond acceptors (Lipinski definition) is 4. The Hall–Kier alpha value is -0.890. The zero-order valence-electron chi connectivity index (χ0n) is 10.4. The molecule has 0 aliphatic heterocycles. The molecule has 1 atom stereocenters. The van der Waals surface area contributed by atoms with Crippen LogP contribution in [0.3, 0.4) is 0 Å². The first-order valence-corrected chi connectivity index (χ1v) is 6.99. The Balaban J connectivity index is 1.70. The van der Waals surface area contributed by atoms with Crippen molar-refractivity contribution in [1.29, 1.82) is 5.26 Å². The maximum Gasteiger partial charge on any atom is 0.100 e. The molecule has 1 heterocycles. The molecule has 1 saturated carbocycles. The van der Waals surface area contributed by atoms with E-state index in [2.05, 4.69) is 30.3 Å². The first-order chi connectivity index (χ1) is 8.20. The van der Waals surface area contributed by atoms with Crippen molar-refractivity contribution in [3.63, 3.8) is 0 Å². The number of nitrogens with zero attached hydrogens (tertiary/aromatic N) is 2. The smallest absolute Gasteiger partial charge is 0.100 e. The van der Waals surface area contributed by atoms with Gasteiger partial charge < -0.3 is 5.32 Å². The normalized spacial score (nSPS) is 17.1. The fourth-order valence-corrected chi connectivity index (χ4v) is 2.70. The van der Waals surface area contributed by atoms with Gasteiger partial charge in [0.2, 0.25) is 0 Å². The molecule has 1 aromatic rings. The van der Waals surface area contributed by atoms with E-state index in [1.54, 1.807) is 11.3 Å². The van der Waals surface area contributed by atoms with Crippen LogP contribution in [0.2, 0.25) is 0 Å². The largest absolute Gasteiger partial charge is 0.310 e. The molecule has 1 aliphatic rings. The number of hydrogen-bond donors (Lipinski definition) is 1. The highest BCUT2D eigenvalue weighted by Gasteiger charge is 2.28. The number of nitrogens with one attached hydrogen (secondary N) is 1. The summed E-state index contributed by atoms with van der Waals surface area (Å²) in [7, 11) is 2.21. The van der Waals surface area contributed by atoms with Crippen molar-refractivity contribution in [2.45, 2.75) is 38.4 Å². The molecule has 0 aromatic carbocycles. The van der Waals surface area contributed by atoms with E-state index in [0.29, 0.717) is 6.04 Å². The Morgan fingerprint density at radius 3 is 3.00 bits per heavy atom. The average molecular weight is 249 g/mol. The molecule has 2 rings (SSSR count). The van der Waals surface area contributed by atoms with Gasteiger partial charge in [-0.3, -0.25) is 4.90 Å². The van der Waals surface area contributed by atoms with Crippen LogP contribution in [0.1, 0.15) is 30.2 Å². The van der Waals surface area contributed by atoms with E-state index in [1.807, 2.05) is 11.4 Å². The van der Waals surface area contributed by atoms with Crippen LogP contribution in [0.25, 0.3) is 0 Å². The van der Waals surface area contributed by atoms with Gasteiger partial charge in [0, 0.05) is 35.4 Å². The van der Waals surface area contributed by atoms with Crippen LogP contribution in [0.4, 0.5) is 0 Å². The SMILES string of the molecule is CC(CNCc1cc(C#N)cs1)N(C)C1CC1. The van der Waals surface area contributed by atoms with Crippen LogP contribution in [0.5, 0.6) is 0 Å². The molecule has 17 heavy (non-hydrogen) atoms. The van der Waals surface area contributed by atoms with E-state index in [0.717, 1.165) is 24.7 Å². The molecular weight excluding hydrogens is 230 g/mol. The first kappa shape index (κ1) is 12.6. The monoisotopic (exact) mass is 249 g/mol. The minimum Gasteiger partial charge on any atom is -0.310 e. The quantitative estimate of drug-likeness (QED) is 0.840. The molecule has 4 heteroatoms. The molecule has 0 radical (unpaired) electrons. The summed E-state index contributed by atoms with van der Waals surface area (Å²) in [5.74, 6) is 0. The standard InChI is InChI=1S/C13H19N3S/c1-10(16(2)12-3-4-12)7-15-8-13-5-11(6-14)9-17-13/h5,9-10,12,15H,3-4,7-8H2,1-2H3. The van der Waals surface area contributed by atoms with Crippen LogP contribution >= 0.6 is 11.3 Å². The average Bonchev–Trinajstić information content (AvgIpc) is 3.08. The fraction of sp³-hybridized carbons (Fsp3) is 0.615. The van der Waals surface area contributed by atoms with Crippen LogP contribution in [-0.2, 0) is 6.54 Å². The van der Waals surface area contributed by atoms with Gasteiger partial charge in [-0.05, 0) is 32.9 Å². The van der Waals surface area contributed by atoms with Crippen molar-refractivity contribution in [2.24, 2.45) is 0 Å². The van der Waals surface area contributed by atoms with Gasteiger partial charge in [0.1, 0.15) is 6.07 Å². The Morgan fingerprint density at radius 1 is 1.65 bits per heavy atom. The highest BCUT2D eigenvalue weighted by Crippen LogP contribution is 2.26. The van der Waals surface area contributed by atoms with E-state index >= 15 is 0 Å². The van der Waals surface area contributed by atoms with Crippen molar-refractivity contribution >= 4 is 11.3 Å². The molecule has 0 bridgehead atoms. The zero-order chi connectivity index (χ0) is 12.3. The van der Waals surface area contributed by atoms with Gasteiger partial charge in [-0.2, -0.15) is 5.26 Å². The molecular formula is C13H19N3S. The van der Waals surface area contributed by atoms with Gasteiger partial charge in [0.15, 0.2) is 0 Å². The lowest BCUT2D eigenvalue weighted by molar-refractivity contribution is 0.241. The minimum absolute atomic E-state index is 0.581. The van der Waals surface area contributed by atoms with E-state index in [-0.39, 0.29) is 0 Å². The van der Waals surface area contributed by atoms with Crippen LogP contribution in [-0.4, -0.2) is 30.6 Å². The topological polar surface area (TPSA) is 39.1 Å². The summed E-state index contributed by atoms with van der Waals surface area (Å²) in [6, 6.07) is 5.53. The molecule has 1 N–H and O–H groups in total. The Bertz CT molecular complexity index is 403. The summed E-state index contributed by atoms with van der Waals surface area (Å²) in [5, 5.41) is 14.1. The van der Waals surface area contributed by atoms with Crippen LogP contribution < -0.4 is 5.32 Å². The lowest BCUT2D eigenvalue weighted by Gasteiger charge is -2.24. The second-order valence-electron chi connectivity index (χ2n) is 4.79. The summed E-state index contributed by atoms with van der Waals surface area (Å²) in [6.45, 7) is 4.14. The molecule has 3 nitrogen and oxygen atoms in total. The molecule has 1 unspecified atom stereocenters. The van der Waals surface area contributed by atoms with Gasteiger partial charge in [0.05, 0.1) is 5.56 Å². The summed E-state index contributed by atoms with van der Waals surface area (Å²) in [4.78, 5) is 3.70. The Labute approximate surface area is 107 Å². The van der Waals surface area contributed by atoms with Crippen LogP contribution in [0, 0.1) is 11.3 Å². The number of thiophene rings is 1. The Kier molecular flexibility index (Phi) is 4.16. The van der Waals surface area contributed by atoms with Gasteiger partial charge in [-0.15, -0.1) is 11.3 Å². The van der Waals surface area contributed by atoms with E-state index < -0.39 is 0 Å². The van der Waals surface area contributed by atoms with Crippen LogP contribution in [0.15, 0.2) is 11.4 Å². The highest BCUT2D eigenvalue weighted by molar-refractivity contribution is 7.10. The Morgan fingerprint density at radius 2 is 2.41 bits per heavy atom. The van der Waals surface area contributed by atoms with Gasteiger partial charge in [0.25, 0.3) is 0 Å². The van der Waals surface area contributed by atoms with E-state index in [9.17, 15) is 0 Å². The van der Waals surface area contributed by atoms with Crippen molar-refractivity contribution < 1.29 is 0 Å². The molecule has 0 saturated heterocycles. The third kappa shape index (κ3) is 3.53. The second-order valence-corrected chi connectivity index (χ2v) is 5.79. The van der Waals surface area contributed by atoms with E-state index in [1.165, 1.54) is 17.7 Å².